The van der Waals surface area contributed by atoms with Gasteiger partial charge >= 0.3 is 0 Å². The van der Waals surface area contributed by atoms with Gasteiger partial charge in [0.05, 0.1) is 11.8 Å². The standard InChI is InChI=1S/C26H26F2N2O3/c1-16-13-20(11-12-29-16)25(30-33)15-23(22-9-8-21(27)14-24(22)28)18-4-6-19(7-5-18)26(32)10-3-17(2)31/h4-9,11-14,17,23,31,33H,3,10,15H2,1-2H3/b30-25+/t17-,23?/m1/s1. The molecule has 0 saturated carbocycles. The Morgan fingerprint density at radius 2 is 1.79 bits per heavy atom. The second-order valence-corrected chi connectivity index (χ2v) is 8.09. The van der Waals surface area contributed by atoms with Crippen LogP contribution in [0.4, 0.5) is 8.78 Å². The number of nitrogens with zero attached hydrogens (tertiary/aromatic N) is 2. The van der Waals surface area contributed by atoms with Crippen LogP contribution in [0, 0.1) is 18.6 Å². The molecule has 1 heterocycles. The number of aromatic nitrogens is 1. The topological polar surface area (TPSA) is 82.8 Å². The maximum atomic E-state index is 14.8. The van der Waals surface area contributed by atoms with Crippen LogP contribution in [0.1, 0.15) is 64.8 Å². The Bertz CT molecular complexity index is 1140. The van der Waals surface area contributed by atoms with E-state index in [0.29, 0.717) is 28.8 Å². The Morgan fingerprint density at radius 3 is 2.39 bits per heavy atom. The van der Waals surface area contributed by atoms with E-state index in [9.17, 15) is 23.9 Å². The summed E-state index contributed by atoms with van der Waals surface area (Å²) >= 11 is 0. The number of aryl methyl sites for hydroxylation is 1. The number of carbonyl (C=O) groups excluding carboxylic acids is 1. The Kier molecular flexibility index (Phi) is 8.01. The molecule has 0 spiro atoms. The molecule has 33 heavy (non-hydrogen) atoms. The summed E-state index contributed by atoms with van der Waals surface area (Å²) in [5, 5.41) is 22.5. The van der Waals surface area contributed by atoms with Gasteiger partial charge in [0.1, 0.15) is 11.6 Å². The van der Waals surface area contributed by atoms with Crippen molar-refractivity contribution < 1.29 is 23.9 Å². The van der Waals surface area contributed by atoms with E-state index in [2.05, 4.69) is 10.1 Å². The van der Waals surface area contributed by atoms with Crippen molar-refractivity contribution in [2.45, 2.75) is 45.1 Å². The molecule has 0 bridgehead atoms. The SMILES string of the molecule is Cc1cc(/C(CC(c2ccc(C(=O)CC[C@@H](C)O)cc2)c2ccc(F)cc2F)=N/O)ccn1. The lowest BCUT2D eigenvalue weighted by molar-refractivity contribution is 0.0949. The molecule has 3 aromatic rings. The number of halogens is 2. The molecule has 0 fully saturated rings. The molecular formula is C26H26F2N2O3. The van der Waals surface area contributed by atoms with Gasteiger partial charge in [-0.1, -0.05) is 35.5 Å². The summed E-state index contributed by atoms with van der Waals surface area (Å²) in [4.78, 5) is 16.5. The number of ketones is 1. The lowest BCUT2D eigenvalue weighted by atomic mass is 9.84. The van der Waals surface area contributed by atoms with Gasteiger partial charge in [-0.3, -0.25) is 9.78 Å². The molecule has 7 heteroatoms. The van der Waals surface area contributed by atoms with Crippen molar-refractivity contribution in [1.82, 2.24) is 4.98 Å². The van der Waals surface area contributed by atoms with Gasteiger partial charge in [-0.25, -0.2) is 8.78 Å². The maximum Gasteiger partial charge on any atom is 0.162 e. The predicted molar refractivity (Wildman–Crippen MR) is 122 cm³/mol. The summed E-state index contributed by atoms with van der Waals surface area (Å²) < 4.78 is 28.3. The third-order valence-corrected chi connectivity index (χ3v) is 5.51. The minimum Gasteiger partial charge on any atom is -0.411 e. The van der Waals surface area contributed by atoms with E-state index in [1.807, 2.05) is 6.92 Å². The van der Waals surface area contributed by atoms with Crippen molar-refractivity contribution in [2.24, 2.45) is 5.16 Å². The molecule has 3 rings (SSSR count). The van der Waals surface area contributed by atoms with Crippen LogP contribution in [0.2, 0.25) is 0 Å². The number of pyridine rings is 1. The van der Waals surface area contributed by atoms with Crippen LogP contribution in [0.15, 0.2) is 65.9 Å². The third-order valence-electron chi connectivity index (χ3n) is 5.51. The fraction of sp³-hybridized carbons (Fsp3) is 0.269. The van der Waals surface area contributed by atoms with Crippen molar-refractivity contribution >= 4 is 11.5 Å². The number of rotatable bonds is 9. The predicted octanol–water partition coefficient (Wildman–Crippen LogP) is 5.41. The number of benzene rings is 2. The van der Waals surface area contributed by atoms with E-state index >= 15 is 0 Å². The van der Waals surface area contributed by atoms with Crippen LogP contribution in [-0.2, 0) is 0 Å². The van der Waals surface area contributed by atoms with Crippen molar-refractivity contribution in [3.8, 4) is 0 Å². The Labute approximate surface area is 191 Å². The van der Waals surface area contributed by atoms with Crippen LogP contribution in [0.5, 0.6) is 0 Å². The van der Waals surface area contributed by atoms with Crippen molar-refractivity contribution in [1.29, 1.82) is 0 Å². The molecule has 0 saturated heterocycles. The molecule has 1 unspecified atom stereocenters. The van der Waals surface area contributed by atoms with Crippen LogP contribution in [0.25, 0.3) is 0 Å². The molecule has 0 aliphatic heterocycles. The Hall–Kier alpha value is -3.45. The molecule has 5 nitrogen and oxygen atoms in total. The lowest BCUT2D eigenvalue weighted by Crippen LogP contribution is -2.13. The number of aliphatic hydroxyl groups excluding tert-OH is 1. The fourth-order valence-corrected chi connectivity index (χ4v) is 3.71. The summed E-state index contributed by atoms with van der Waals surface area (Å²) in [6.07, 6.45) is 1.75. The highest BCUT2D eigenvalue weighted by molar-refractivity contribution is 6.01. The average molecular weight is 453 g/mol. The first-order valence-corrected chi connectivity index (χ1v) is 10.7. The number of carbonyl (C=O) groups is 1. The minimum absolute atomic E-state index is 0.100. The highest BCUT2D eigenvalue weighted by Gasteiger charge is 2.23. The van der Waals surface area contributed by atoms with Crippen molar-refractivity contribution in [3.05, 3.63) is 100 Å². The highest BCUT2D eigenvalue weighted by Crippen LogP contribution is 2.32. The van der Waals surface area contributed by atoms with Gasteiger partial charge in [-0.15, -0.1) is 0 Å². The molecule has 2 aromatic carbocycles. The van der Waals surface area contributed by atoms with E-state index < -0.39 is 23.7 Å². The van der Waals surface area contributed by atoms with Crippen LogP contribution >= 0.6 is 0 Å². The first kappa shape index (κ1) is 24.2. The van der Waals surface area contributed by atoms with Crippen LogP contribution in [-0.4, -0.2) is 32.9 Å². The number of aliphatic hydroxyl groups is 1. The molecule has 2 atom stereocenters. The van der Waals surface area contributed by atoms with Crippen molar-refractivity contribution in [3.63, 3.8) is 0 Å². The fourth-order valence-electron chi connectivity index (χ4n) is 3.71. The van der Waals surface area contributed by atoms with Gasteiger partial charge < -0.3 is 10.3 Å². The first-order chi connectivity index (χ1) is 15.8. The Morgan fingerprint density at radius 1 is 1.06 bits per heavy atom. The molecule has 0 aliphatic rings. The molecule has 0 aliphatic carbocycles. The summed E-state index contributed by atoms with van der Waals surface area (Å²) in [5.41, 5.74) is 3.11. The van der Waals surface area contributed by atoms with Crippen LogP contribution < -0.4 is 0 Å². The molecule has 172 valence electrons. The average Bonchev–Trinajstić information content (AvgIpc) is 2.79. The minimum atomic E-state index is -0.708. The Balaban J connectivity index is 1.96. The van der Waals surface area contributed by atoms with Gasteiger partial charge in [0.2, 0.25) is 0 Å². The number of Topliss-reactive ketones (excluding diaryl/α,β-unsaturated/α-hetero) is 1. The molecular weight excluding hydrogens is 426 g/mol. The maximum absolute atomic E-state index is 14.8. The van der Waals surface area contributed by atoms with Crippen LogP contribution in [0.3, 0.4) is 0 Å². The van der Waals surface area contributed by atoms with Gasteiger partial charge in [0.15, 0.2) is 5.78 Å². The van der Waals surface area contributed by atoms with Crippen molar-refractivity contribution in [2.75, 3.05) is 0 Å². The van der Waals surface area contributed by atoms with Gasteiger partial charge in [-0.2, -0.15) is 0 Å². The highest BCUT2D eigenvalue weighted by atomic mass is 19.1. The monoisotopic (exact) mass is 452 g/mol. The summed E-state index contributed by atoms with van der Waals surface area (Å²) in [6, 6.07) is 13.6. The molecule has 0 radical (unpaired) electrons. The number of oxime groups is 1. The van der Waals surface area contributed by atoms with E-state index in [1.165, 1.54) is 12.1 Å². The first-order valence-electron chi connectivity index (χ1n) is 10.7. The largest absolute Gasteiger partial charge is 0.411 e. The van der Waals surface area contributed by atoms with E-state index in [1.54, 1.807) is 49.5 Å². The second kappa shape index (κ2) is 10.9. The lowest BCUT2D eigenvalue weighted by Gasteiger charge is -2.20. The van der Waals surface area contributed by atoms with E-state index in [-0.39, 0.29) is 24.2 Å². The summed E-state index contributed by atoms with van der Waals surface area (Å²) in [5.74, 6) is -2.08. The summed E-state index contributed by atoms with van der Waals surface area (Å²) in [7, 11) is 0. The molecule has 2 N–H and O–H groups in total. The number of hydrogen-bond donors (Lipinski definition) is 2. The second-order valence-electron chi connectivity index (χ2n) is 8.09. The molecule has 0 amide bonds. The normalized spacial score (nSPS) is 13.5. The van der Waals surface area contributed by atoms with E-state index in [0.717, 1.165) is 11.8 Å². The zero-order chi connectivity index (χ0) is 24.0. The smallest absolute Gasteiger partial charge is 0.162 e. The van der Waals surface area contributed by atoms with Gasteiger partial charge in [-0.05, 0) is 49.6 Å². The van der Waals surface area contributed by atoms with Gasteiger partial charge in [0, 0.05) is 47.8 Å². The third kappa shape index (κ3) is 6.29. The number of hydrogen-bond acceptors (Lipinski definition) is 5. The van der Waals surface area contributed by atoms with E-state index in [4.69, 9.17) is 0 Å². The zero-order valence-corrected chi connectivity index (χ0v) is 18.5. The van der Waals surface area contributed by atoms with Gasteiger partial charge in [0.25, 0.3) is 0 Å². The zero-order valence-electron chi connectivity index (χ0n) is 18.5. The quantitative estimate of drug-likeness (QED) is 0.197. The molecule has 1 aromatic heterocycles. The summed E-state index contributed by atoms with van der Waals surface area (Å²) in [6.45, 7) is 3.44.